The molecule has 2 atom stereocenters. The van der Waals surface area contributed by atoms with Crippen LogP contribution in [0, 0.1) is 0 Å². The molecule has 1 heterocycles. The minimum absolute atomic E-state index is 0.169. The van der Waals surface area contributed by atoms with E-state index in [2.05, 4.69) is 12.2 Å². The fraction of sp³-hybridized carbons (Fsp3) is 1.00. The third-order valence-corrected chi connectivity index (χ3v) is 2.58. The van der Waals surface area contributed by atoms with Gasteiger partial charge in [-0.05, 0) is 19.8 Å². The van der Waals surface area contributed by atoms with Gasteiger partial charge in [-0.3, -0.25) is 0 Å². The molecule has 1 aliphatic heterocycles. The van der Waals surface area contributed by atoms with E-state index in [1.807, 2.05) is 0 Å². The lowest BCUT2D eigenvalue weighted by Gasteiger charge is -2.19. The molecule has 1 saturated carbocycles. The summed E-state index contributed by atoms with van der Waals surface area (Å²) < 4.78 is 5.13. The molecule has 2 fully saturated rings. The van der Waals surface area contributed by atoms with Gasteiger partial charge >= 0.3 is 0 Å². The van der Waals surface area contributed by atoms with Crippen LogP contribution < -0.4 is 5.32 Å². The van der Waals surface area contributed by atoms with Crippen LogP contribution in [0.3, 0.4) is 0 Å². The predicted molar refractivity (Wildman–Crippen MR) is 41.4 cm³/mol. The second-order valence-electron chi connectivity index (χ2n) is 3.92. The van der Waals surface area contributed by atoms with Crippen LogP contribution in [0.5, 0.6) is 0 Å². The van der Waals surface area contributed by atoms with Gasteiger partial charge in [0.1, 0.15) is 0 Å². The Hall–Kier alpha value is -0.120. The molecule has 3 nitrogen and oxygen atoms in total. The molecule has 0 radical (unpaired) electrons. The summed E-state index contributed by atoms with van der Waals surface area (Å²) >= 11 is 0. The molecule has 0 amide bonds. The van der Waals surface area contributed by atoms with Crippen LogP contribution in [-0.2, 0) is 4.74 Å². The third kappa shape index (κ3) is 1.55. The van der Waals surface area contributed by atoms with Crippen molar-refractivity contribution in [2.45, 2.75) is 37.5 Å². The van der Waals surface area contributed by atoms with E-state index in [-0.39, 0.29) is 12.1 Å². The van der Waals surface area contributed by atoms with Crippen LogP contribution in [-0.4, -0.2) is 36.0 Å². The van der Waals surface area contributed by atoms with Crippen LogP contribution in [0.2, 0.25) is 0 Å². The highest BCUT2D eigenvalue weighted by molar-refractivity contribution is 5.01. The molecule has 2 rings (SSSR count). The molecule has 0 aromatic carbocycles. The molecular formula is C8H15NO2. The fourth-order valence-corrected chi connectivity index (χ4v) is 1.46. The van der Waals surface area contributed by atoms with Crippen molar-refractivity contribution >= 4 is 0 Å². The monoisotopic (exact) mass is 157 g/mol. The van der Waals surface area contributed by atoms with Crippen molar-refractivity contribution in [1.29, 1.82) is 0 Å². The van der Waals surface area contributed by atoms with Gasteiger partial charge < -0.3 is 15.2 Å². The van der Waals surface area contributed by atoms with E-state index in [0.29, 0.717) is 18.8 Å². The van der Waals surface area contributed by atoms with E-state index < -0.39 is 0 Å². The lowest BCUT2D eigenvalue weighted by molar-refractivity contribution is 0.121. The highest BCUT2D eigenvalue weighted by atomic mass is 16.5. The molecule has 2 aliphatic rings. The second kappa shape index (κ2) is 2.44. The number of aliphatic hydroxyl groups excluding tert-OH is 1. The van der Waals surface area contributed by atoms with Crippen molar-refractivity contribution in [3.8, 4) is 0 Å². The maximum absolute atomic E-state index is 9.39. The Morgan fingerprint density at radius 3 is 2.64 bits per heavy atom. The van der Waals surface area contributed by atoms with Crippen LogP contribution in [0.25, 0.3) is 0 Å². The first-order valence-corrected chi connectivity index (χ1v) is 4.23. The van der Waals surface area contributed by atoms with E-state index in [4.69, 9.17) is 4.74 Å². The summed E-state index contributed by atoms with van der Waals surface area (Å²) in [6.45, 7) is 3.35. The van der Waals surface area contributed by atoms with Crippen LogP contribution >= 0.6 is 0 Å². The Balaban J connectivity index is 1.85. The summed E-state index contributed by atoms with van der Waals surface area (Å²) in [5.41, 5.74) is 0.305. The topological polar surface area (TPSA) is 41.5 Å². The SMILES string of the molecule is CC1(NC2COCC2O)CC1. The summed E-state index contributed by atoms with van der Waals surface area (Å²) in [5, 5.41) is 12.8. The van der Waals surface area contributed by atoms with Crippen LogP contribution in [0.15, 0.2) is 0 Å². The second-order valence-corrected chi connectivity index (χ2v) is 3.92. The molecule has 0 bridgehead atoms. The highest BCUT2D eigenvalue weighted by Crippen LogP contribution is 2.35. The van der Waals surface area contributed by atoms with Gasteiger partial charge in [-0.15, -0.1) is 0 Å². The standard InChI is InChI=1S/C8H15NO2/c1-8(2-3-8)9-6-4-11-5-7(6)10/h6-7,9-10H,2-5H2,1H3. The van der Waals surface area contributed by atoms with Gasteiger partial charge in [0.05, 0.1) is 25.4 Å². The summed E-state index contributed by atoms with van der Waals surface area (Å²) in [7, 11) is 0. The molecular weight excluding hydrogens is 142 g/mol. The predicted octanol–water partition coefficient (Wildman–Crippen LogP) is -0.112. The van der Waals surface area contributed by atoms with Crippen molar-refractivity contribution in [3.63, 3.8) is 0 Å². The Bertz CT molecular complexity index is 156. The zero-order valence-electron chi connectivity index (χ0n) is 6.84. The molecule has 1 saturated heterocycles. The Morgan fingerprint density at radius 2 is 2.18 bits per heavy atom. The first-order valence-electron chi connectivity index (χ1n) is 4.23. The van der Waals surface area contributed by atoms with Crippen molar-refractivity contribution in [3.05, 3.63) is 0 Å². The summed E-state index contributed by atoms with van der Waals surface area (Å²) in [4.78, 5) is 0. The number of aliphatic hydroxyl groups is 1. The van der Waals surface area contributed by atoms with Gasteiger partial charge in [0.2, 0.25) is 0 Å². The number of rotatable bonds is 2. The smallest absolute Gasteiger partial charge is 0.0948 e. The Morgan fingerprint density at radius 1 is 1.45 bits per heavy atom. The summed E-state index contributed by atoms with van der Waals surface area (Å²) in [5.74, 6) is 0. The van der Waals surface area contributed by atoms with E-state index in [9.17, 15) is 5.11 Å². The number of nitrogens with one attached hydrogen (secondary N) is 1. The van der Waals surface area contributed by atoms with E-state index in [1.165, 1.54) is 12.8 Å². The number of hydrogen-bond acceptors (Lipinski definition) is 3. The minimum Gasteiger partial charge on any atom is -0.389 e. The quantitative estimate of drug-likeness (QED) is 0.587. The fourth-order valence-electron chi connectivity index (χ4n) is 1.46. The lowest BCUT2D eigenvalue weighted by atomic mass is 10.2. The molecule has 0 aromatic heterocycles. The molecule has 1 aliphatic carbocycles. The molecule has 3 heteroatoms. The van der Waals surface area contributed by atoms with Crippen molar-refractivity contribution in [1.82, 2.24) is 5.32 Å². The number of hydrogen-bond donors (Lipinski definition) is 2. The normalized spacial score (nSPS) is 40.9. The lowest BCUT2D eigenvalue weighted by Crippen LogP contribution is -2.45. The van der Waals surface area contributed by atoms with E-state index in [1.54, 1.807) is 0 Å². The average molecular weight is 157 g/mol. The van der Waals surface area contributed by atoms with Gasteiger partial charge in [-0.2, -0.15) is 0 Å². The molecule has 0 aromatic rings. The summed E-state index contributed by atoms with van der Waals surface area (Å²) in [6.07, 6.45) is 2.17. The molecule has 11 heavy (non-hydrogen) atoms. The summed E-state index contributed by atoms with van der Waals surface area (Å²) in [6, 6.07) is 0.169. The number of ether oxygens (including phenoxy) is 1. The maximum Gasteiger partial charge on any atom is 0.0948 e. The molecule has 2 unspecified atom stereocenters. The zero-order chi connectivity index (χ0) is 7.90. The van der Waals surface area contributed by atoms with Gasteiger partial charge in [-0.25, -0.2) is 0 Å². The van der Waals surface area contributed by atoms with Gasteiger partial charge in [0.15, 0.2) is 0 Å². The highest BCUT2D eigenvalue weighted by Gasteiger charge is 2.41. The van der Waals surface area contributed by atoms with E-state index in [0.717, 1.165) is 0 Å². The molecule has 64 valence electrons. The van der Waals surface area contributed by atoms with Crippen LogP contribution in [0.4, 0.5) is 0 Å². The van der Waals surface area contributed by atoms with Crippen LogP contribution in [0.1, 0.15) is 19.8 Å². The first-order chi connectivity index (χ1) is 5.20. The molecule has 2 N–H and O–H groups in total. The van der Waals surface area contributed by atoms with Gasteiger partial charge in [0, 0.05) is 5.54 Å². The molecule has 0 spiro atoms. The maximum atomic E-state index is 9.39. The van der Waals surface area contributed by atoms with Crippen molar-refractivity contribution < 1.29 is 9.84 Å². The van der Waals surface area contributed by atoms with E-state index >= 15 is 0 Å². The van der Waals surface area contributed by atoms with Crippen molar-refractivity contribution in [2.24, 2.45) is 0 Å². The average Bonchev–Trinajstić information content (AvgIpc) is 2.54. The van der Waals surface area contributed by atoms with Crippen molar-refractivity contribution in [2.75, 3.05) is 13.2 Å². The first kappa shape index (κ1) is 7.53. The Labute approximate surface area is 66.7 Å². The minimum atomic E-state index is -0.299. The third-order valence-electron chi connectivity index (χ3n) is 2.58. The largest absolute Gasteiger partial charge is 0.389 e. The zero-order valence-corrected chi connectivity index (χ0v) is 6.84. The Kier molecular flexibility index (Phi) is 1.67. The van der Waals surface area contributed by atoms with Gasteiger partial charge in [-0.1, -0.05) is 0 Å². The van der Waals surface area contributed by atoms with Gasteiger partial charge in [0.25, 0.3) is 0 Å².